The minimum atomic E-state index is -0.661. The lowest BCUT2D eigenvalue weighted by Gasteiger charge is -2.39. The SMILES string of the molecule is Cc1nc2ccccc2nc1COC(=O)C1(c2ccc(F)cc2)CCC1. The van der Waals surface area contributed by atoms with Gasteiger partial charge in [0.15, 0.2) is 0 Å². The van der Waals surface area contributed by atoms with Crippen LogP contribution in [-0.2, 0) is 21.6 Å². The fraction of sp³-hybridized carbons (Fsp3) is 0.286. The van der Waals surface area contributed by atoms with Crippen LogP contribution in [0.1, 0.15) is 36.2 Å². The zero-order valence-electron chi connectivity index (χ0n) is 14.5. The van der Waals surface area contributed by atoms with Crippen LogP contribution < -0.4 is 0 Å². The van der Waals surface area contributed by atoms with E-state index in [1.807, 2.05) is 31.2 Å². The molecule has 0 bridgehead atoms. The standard InChI is InChI=1S/C21H19FN2O2/c1-14-19(24-18-6-3-2-5-17(18)23-14)13-26-20(25)21(11-4-12-21)15-7-9-16(22)10-8-15/h2-3,5-10H,4,11-13H2,1H3. The average molecular weight is 350 g/mol. The molecule has 0 atom stereocenters. The minimum Gasteiger partial charge on any atom is -0.458 e. The maximum absolute atomic E-state index is 13.2. The Labute approximate surface area is 151 Å². The van der Waals surface area contributed by atoms with Crippen molar-refractivity contribution in [1.82, 2.24) is 9.97 Å². The lowest BCUT2D eigenvalue weighted by atomic mass is 9.64. The largest absolute Gasteiger partial charge is 0.458 e. The molecule has 4 rings (SSSR count). The zero-order chi connectivity index (χ0) is 18.1. The molecule has 1 aliphatic rings. The van der Waals surface area contributed by atoms with Crippen molar-refractivity contribution in [2.24, 2.45) is 0 Å². The number of rotatable bonds is 4. The van der Waals surface area contributed by atoms with Gasteiger partial charge in [-0.15, -0.1) is 0 Å². The van der Waals surface area contributed by atoms with Crippen molar-refractivity contribution in [2.45, 2.75) is 38.2 Å². The van der Waals surface area contributed by atoms with Gasteiger partial charge in [0, 0.05) is 0 Å². The highest BCUT2D eigenvalue weighted by molar-refractivity contribution is 5.84. The summed E-state index contributed by atoms with van der Waals surface area (Å²) in [4.78, 5) is 21.9. The summed E-state index contributed by atoms with van der Waals surface area (Å²) in [7, 11) is 0. The van der Waals surface area contributed by atoms with E-state index in [1.54, 1.807) is 12.1 Å². The molecule has 2 aromatic carbocycles. The number of hydrogen-bond acceptors (Lipinski definition) is 4. The third-order valence-electron chi connectivity index (χ3n) is 5.18. The van der Waals surface area contributed by atoms with Gasteiger partial charge < -0.3 is 4.74 Å². The second-order valence-corrected chi connectivity index (χ2v) is 6.76. The molecule has 0 saturated heterocycles. The zero-order valence-corrected chi connectivity index (χ0v) is 14.5. The van der Waals surface area contributed by atoms with E-state index in [1.165, 1.54) is 12.1 Å². The fourth-order valence-electron chi connectivity index (χ4n) is 3.44. The normalized spacial score (nSPS) is 15.5. The molecule has 1 aromatic heterocycles. The molecule has 1 fully saturated rings. The molecule has 0 aliphatic heterocycles. The summed E-state index contributed by atoms with van der Waals surface area (Å²) in [6.45, 7) is 1.95. The Morgan fingerprint density at radius 2 is 1.73 bits per heavy atom. The highest BCUT2D eigenvalue weighted by Gasteiger charge is 2.47. The van der Waals surface area contributed by atoms with Gasteiger partial charge in [-0.05, 0) is 49.6 Å². The van der Waals surface area contributed by atoms with Crippen molar-refractivity contribution in [3.63, 3.8) is 0 Å². The van der Waals surface area contributed by atoms with Gasteiger partial charge in [0.05, 0.1) is 27.8 Å². The summed E-state index contributed by atoms with van der Waals surface area (Å²) in [5.41, 5.74) is 3.16. The number of para-hydroxylation sites is 2. The first kappa shape index (κ1) is 16.6. The first-order valence-corrected chi connectivity index (χ1v) is 8.74. The number of carbonyl (C=O) groups excluding carboxylic acids is 1. The van der Waals surface area contributed by atoms with E-state index in [0.29, 0.717) is 5.69 Å². The number of hydrogen-bond donors (Lipinski definition) is 0. The summed E-state index contributed by atoms with van der Waals surface area (Å²) in [5, 5.41) is 0. The van der Waals surface area contributed by atoms with Gasteiger partial charge in [0.2, 0.25) is 0 Å². The molecule has 1 saturated carbocycles. The molecule has 3 aromatic rings. The fourth-order valence-corrected chi connectivity index (χ4v) is 3.44. The molecule has 0 spiro atoms. The smallest absolute Gasteiger partial charge is 0.316 e. The van der Waals surface area contributed by atoms with Gasteiger partial charge in [-0.1, -0.05) is 30.7 Å². The highest BCUT2D eigenvalue weighted by atomic mass is 19.1. The Bertz CT molecular complexity index is 965. The van der Waals surface area contributed by atoms with E-state index in [9.17, 15) is 9.18 Å². The Hall–Kier alpha value is -2.82. The third kappa shape index (κ3) is 2.83. The molecule has 0 amide bonds. The summed E-state index contributed by atoms with van der Waals surface area (Å²) in [6.07, 6.45) is 2.40. The van der Waals surface area contributed by atoms with Crippen LogP contribution in [0.15, 0.2) is 48.5 Å². The van der Waals surface area contributed by atoms with Crippen molar-refractivity contribution in [3.8, 4) is 0 Å². The highest BCUT2D eigenvalue weighted by Crippen LogP contribution is 2.45. The van der Waals surface area contributed by atoms with Gasteiger partial charge in [0.25, 0.3) is 0 Å². The van der Waals surface area contributed by atoms with Crippen molar-refractivity contribution in [2.75, 3.05) is 0 Å². The topological polar surface area (TPSA) is 52.1 Å². The minimum absolute atomic E-state index is 0.0887. The van der Waals surface area contributed by atoms with Crippen LogP contribution in [0.25, 0.3) is 11.0 Å². The van der Waals surface area contributed by atoms with Crippen LogP contribution >= 0.6 is 0 Å². The maximum atomic E-state index is 13.2. The molecule has 0 radical (unpaired) electrons. The van der Waals surface area contributed by atoms with Gasteiger partial charge in [-0.3, -0.25) is 4.79 Å². The molecular weight excluding hydrogens is 331 g/mol. The number of aromatic nitrogens is 2. The molecule has 1 aliphatic carbocycles. The van der Waals surface area contributed by atoms with E-state index in [4.69, 9.17) is 4.74 Å². The van der Waals surface area contributed by atoms with Gasteiger partial charge in [-0.25, -0.2) is 14.4 Å². The number of halogens is 1. The molecule has 132 valence electrons. The molecule has 4 nitrogen and oxygen atoms in total. The summed E-state index contributed by atoms with van der Waals surface area (Å²) in [5.74, 6) is -0.580. The van der Waals surface area contributed by atoms with E-state index >= 15 is 0 Å². The molecule has 0 N–H and O–H groups in total. The predicted octanol–water partition coefficient (Wildman–Crippen LogP) is 4.24. The Kier molecular flexibility index (Phi) is 4.15. The number of benzene rings is 2. The number of aryl methyl sites for hydroxylation is 1. The lowest BCUT2D eigenvalue weighted by molar-refractivity contribution is -0.156. The average Bonchev–Trinajstić information content (AvgIpc) is 2.60. The quantitative estimate of drug-likeness (QED) is 0.660. The van der Waals surface area contributed by atoms with Crippen LogP contribution in [0.4, 0.5) is 4.39 Å². The van der Waals surface area contributed by atoms with E-state index in [0.717, 1.165) is 41.6 Å². The van der Waals surface area contributed by atoms with Crippen LogP contribution in [0.2, 0.25) is 0 Å². The van der Waals surface area contributed by atoms with Crippen molar-refractivity contribution >= 4 is 17.0 Å². The van der Waals surface area contributed by atoms with Gasteiger partial charge in [0.1, 0.15) is 12.4 Å². The van der Waals surface area contributed by atoms with Crippen molar-refractivity contribution < 1.29 is 13.9 Å². The Balaban J connectivity index is 1.54. The molecule has 26 heavy (non-hydrogen) atoms. The van der Waals surface area contributed by atoms with Gasteiger partial charge in [-0.2, -0.15) is 0 Å². The van der Waals surface area contributed by atoms with Crippen LogP contribution in [0.3, 0.4) is 0 Å². The number of nitrogens with zero attached hydrogens (tertiary/aromatic N) is 2. The maximum Gasteiger partial charge on any atom is 0.316 e. The summed E-state index contributed by atoms with van der Waals surface area (Å²) in [6, 6.07) is 13.7. The molecule has 5 heteroatoms. The monoisotopic (exact) mass is 350 g/mol. The number of esters is 1. The van der Waals surface area contributed by atoms with E-state index in [-0.39, 0.29) is 18.4 Å². The predicted molar refractivity (Wildman–Crippen MR) is 96.0 cm³/mol. The Morgan fingerprint density at radius 3 is 2.35 bits per heavy atom. The molecular formula is C21H19FN2O2. The van der Waals surface area contributed by atoms with Gasteiger partial charge >= 0.3 is 5.97 Å². The third-order valence-corrected chi connectivity index (χ3v) is 5.18. The first-order chi connectivity index (χ1) is 12.6. The number of ether oxygens (including phenoxy) is 1. The van der Waals surface area contributed by atoms with Crippen molar-refractivity contribution in [1.29, 1.82) is 0 Å². The van der Waals surface area contributed by atoms with E-state index < -0.39 is 5.41 Å². The second kappa shape index (κ2) is 6.48. The van der Waals surface area contributed by atoms with Crippen LogP contribution in [-0.4, -0.2) is 15.9 Å². The van der Waals surface area contributed by atoms with Crippen molar-refractivity contribution in [3.05, 3.63) is 71.3 Å². The second-order valence-electron chi connectivity index (χ2n) is 6.76. The van der Waals surface area contributed by atoms with Crippen LogP contribution in [0.5, 0.6) is 0 Å². The first-order valence-electron chi connectivity index (χ1n) is 8.74. The summed E-state index contributed by atoms with van der Waals surface area (Å²) < 4.78 is 18.8. The lowest BCUT2D eigenvalue weighted by Crippen LogP contribution is -2.43. The summed E-state index contributed by atoms with van der Waals surface area (Å²) >= 11 is 0. The number of carbonyl (C=O) groups is 1. The Morgan fingerprint density at radius 1 is 1.08 bits per heavy atom. The molecule has 0 unspecified atom stereocenters. The number of fused-ring (bicyclic) bond motifs is 1. The molecule has 1 heterocycles. The van der Waals surface area contributed by atoms with E-state index in [2.05, 4.69) is 9.97 Å². The van der Waals surface area contributed by atoms with Crippen LogP contribution in [0, 0.1) is 12.7 Å².